The summed E-state index contributed by atoms with van der Waals surface area (Å²) < 4.78 is 12.9. The van der Waals surface area contributed by atoms with Gasteiger partial charge in [0.1, 0.15) is 27.5 Å². The van der Waals surface area contributed by atoms with Gasteiger partial charge in [-0.25, -0.2) is 0 Å². The second-order valence-corrected chi connectivity index (χ2v) is 10.5. The van der Waals surface area contributed by atoms with Crippen molar-refractivity contribution in [1.29, 1.82) is 5.26 Å². The Hall–Kier alpha value is -3.13. The Morgan fingerprint density at radius 3 is 2.51 bits per heavy atom. The number of benzene rings is 1. The van der Waals surface area contributed by atoms with E-state index in [9.17, 15) is 14.9 Å². The largest absolute Gasteiger partial charge is 0.497 e. The van der Waals surface area contributed by atoms with Crippen molar-refractivity contribution in [3.8, 4) is 11.8 Å². The molecule has 10 heteroatoms. The highest BCUT2D eigenvalue weighted by Crippen LogP contribution is 2.36. The fourth-order valence-electron chi connectivity index (χ4n) is 4.55. The number of nitrogens with zero attached hydrogens (tertiary/aromatic N) is 4. The van der Waals surface area contributed by atoms with Crippen LogP contribution in [0.4, 0.5) is 5.82 Å². The molecule has 0 saturated carbocycles. The standard InChI is InChI=1S/C27H30N4O4S2/c1-4-10-30-24(29-12-14-35-15-13-29)21(18(2)22(17-28)25(30)32)16-23-26(33)31(27(36)37-23)11-9-19-5-7-20(34-3)8-6-19/h5-8,16H,4,9-15H2,1-3H3/b23-16+. The van der Waals surface area contributed by atoms with E-state index in [-0.39, 0.29) is 17.0 Å². The molecule has 2 saturated heterocycles. The number of aromatic nitrogens is 1. The molecule has 194 valence electrons. The smallest absolute Gasteiger partial charge is 0.270 e. The van der Waals surface area contributed by atoms with Crippen LogP contribution in [0.5, 0.6) is 5.75 Å². The topological polar surface area (TPSA) is 87.8 Å². The van der Waals surface area contributed by atoms with E-state index in [0.29, 0.717) is 66.2 Å². The van der Waals surface area contributed by atoms with Crippen LogP contribution >= 0.6 is 24.0 Å². The molecule has 4 rings (SSSR count). The van der Waals surface area contributed by atoms with Crippen molar-refractivity contribution >= 4 is 46.1 Å². The molecule has 2 aliphatic heterocycles. The van der Waals surface area contributed by atoms with Crippen LogP contribution in [-0.2, 0) is 22.5 Å². The molecule has 0 N–H and O–H groups in total. The van der Waals surface area contributed by atoms with E-state index in [1.54, 1.807) is 29.6 Å². The summed E-state index contributed by atoms with van der Waals surface area (Å²) in [5, 5.41) is 9.80. The summed E-state index contributed by atoms with van der Waals surface area (Å²) in [6.07, 6.45) is 3.19. The zero-order valence-corrected chi connectivity index (χ0v) is 22.9. The summed E-state index contributed by atoms with van der Waals surface area (Å²) in [6, 6.07) is 9.84. The molecule has 3 heterocycles. The lowest BCUT2D eigenvalue weighted by Gasteiger charge is -2.33. The Morgan fingerprint density at radius 2 is 1.89 bits per heavy atom. The number of anilines is 1. The van der Waals surface area contributed by atoms with Crippen LogP contribution in [0.2, 0.25) is 0 Å². The molecule has 0 aliphatic carbocycles. The molecular weight excluding hydrogens is 508 g/mol. The molecule has 1 aromatic heterocycles. The third-order valence-electron chi connectivity index (χ3n) is 6.54. The van der Waals surface area contributed by atoms with Gasteiger partial charge in [-0.05, 0) is 49.1 Å². The predicted octanol–water partition coefficient (Wildman–Crippen LogP) is 3.73. The molecule has 0 unspecified atom stereocenters. The Bertz CT molecular complexity index is 1320. The van der Waals surface area contributed by atoms with Crippen molar-refractivity contribution in [1.82, 2.24) is 9.47 Å². The summed E-state index contributed by atoms with van der Waals surface area (Å²) in [5.74, 6) is 1.35. The number of methoxy groups -OCH3 is 1. The van der Waals surface area contributed by atoms with Crippen LogP contribution in [0.15, 0.2) is 34.0 Å². The minimum Gasteiger partial charge on any atom is -0.497 e. The van der Waals surface area contributed by atoms with Gasteiger partial charge in [0.15, 0.2) is 0 Å². The minimum absolute atomic E-state index is 0.103. The average Bonchev–Trinajstić information content (AvgIpc) is 3.18. The molecule has 2 aliphatic rings. The van der Waals surface area contributed by atoms with Crippen LogP contribution in [0.25, 0.3) is 6.08 Å². The molecule has 0 atom stereocenters. The lowest BCUT2D eigenvalue weighted by Crippen LogP contribution is -2.41. The van der Waals surface area contributed by atoms with Gasteiger partial charge in [-0.15, -0.1) is 0 Å². The summed E-state index contributed by atoms with van der Waals surface area (Å²) in [5.41, 5.74) is 2.17. The van der Waals surface area contributed by atoms with Crippen molar-refractivity contribution in [2.24, 2.45) is 0 Å². The maximum atomic E-state index is 13.4. The van der Waals surface area contributed by atoms with Crippen molar-refractivity contribution in [3.05, 3.63) is 61.8 Å². The monoisotopic (exact) mass is 538 g/mol. The van der Waals surface area contributed by atoms with Gasteiger partial charge < -0.3 is 14.4 Å². The van der Waals surface area contributed by atoms with Crippen LogP contribution in [-0.4, -0.2) is 59.7 Å². The first-order chi connectivity index (χ1) is 17.9. The third-order valence-corrected chi connectivity index (χ3v) is 7.91. The highest BCUT2D eigenvalue weighted by Gasteiger charge is 2.33. The van der Waals surface area contributed by atoms with E-state index in [4.69, 9.17) is 21.7 Å². The Kier molecular flexibility index (Phi) is 8.69. The molecule has 1 amide bonds. The fourth-order valence-corrected chi connectivity index (χ4v) is 5.84. The number of morpholine rings is 1. The number of rotatable bonds is 8. The molecule has 2 aromatic rings. The number of amides is 1. The molecular formula is C27H30N4O4S2. The maximum absolute atomic E-state index is 13.4. The second kappa shape index (κ2) is 11.9. The van der Waals surface area contributed by atoms with Gasteiger partial charge in [-0.3, -0.25) is 19.1 Å². The number of pyridine rings is 1. The van der Waals surface area contributed by atoms with Crippen molar-refractivity contribution in [2.75, 3.05) is 44.9 Å². The normalized spacial score (nSPS) is 17.0. The van der Waals surface area contributed by atoms with Gasteiger partial charge >= 0.3 is 0 Å². The van der Waals surface area contributed by atoms with Crippen LogP contribution in [0, 0.1) is 18.3 Å². The number of hydrogen-bond donors (Lipinski definition) is 0. The SMILES string of the molecule is CCCn1c(N2CCOCC2)c(/C=C2/SC(=S)N(CCc3ccc(OC)cc3)C2=O)c(C)c(C#N)c1=O. The first-order valence-electron chi connectivity index (χ1n) is 12.3. The predicted molar refractivity (Wildman–Crippen MR) is 150 cm³/mol. The van der Waals surface area contributed by atoms with Gasteiger partial charge in [-0.2, -0.15) is 5.26 Å². The molecule has 37 heavy (non-hydrogen) atoms. The van der Waals surface area contributed by atoms with E-state index < -0.39 is 0 Å². The van der Waals surface area contributed by atoms with Crippen molar-refractivity contribution in [2.45, 2.75) is 33.2 Å². The van der Waals surface area contributed by atoms with Crippen LogP contribution in [0.3, 0.4) is 0 Å². The molecule has 0 spiro atoms. The lowest BCUT2D eigenvalue weighted by molar-refractivity contribution is -0.122. The zero-order valence-electron chi connectivity index (χ0n) is 21.3. The highest BCUT2D eigenvalue weighted by atomic mass is 32.2. The van der Waals surface area contributed by atoms with Crippen molar-refractivity contribution < 1.29 is 14.3 Å². The molecule has 0 radical (unpaired) electrons. The fraction of sp³-hybridized carbons (Fsp3) is 0.407. The van der Waals surface area contributed by atoms with E-state index >= 15 is 0 Å². The number of thioether (sulfide) groups is 1. The van der Waals surface area contributed by atoms with Gasteiger partial charge in [0.05, 0.1) is 25.2 Å². The van der Waals surface area contributed by atoms with Gasteiger partial charge in [0.25, 0.3) is 11.5 Å². The van der Waals surface area contributed by atoms with Crippen LogP contribution in [0.1, 0.15) is 35.6 Å². The second-order valence-electron chi connectivity index (χ2n) is 8.84. The molecule has 1 aromatic carbocycles. The number of ether oxygens (including phenoxy) is 2. The number of carbonyl (C=O) groups is 1. The minimum atomic E-state index is -0.299. The number of hydrogen-bond acceptors (Lipinski definition) is 8. The molecule has 0 bridgehead atoms. The van der Waals surface area contributed by atoms with Gasteiger partial charge in [-0.1, -0.05) is 43.0 Å². The third kappa shape index (κ3) is 5.59. The van der Waals surface area contributed by atoms with Crippen molar-refractivity contribution in [3.63, 3.8) is 0 Å². The summed E-state index contributed by atoms with van der Waals surface area (Å²) in [4.78, 5) is 30.9. The molecule has 8 nitrogen and oxygen atoms in total. The van der Waals surface area contributed by atoms with E-state index in [1.165, 1.54) is 11.8 Å². The van der Waals surface area contributed by atoms with E-state index in [2.05, 4.69) is 11.0 Å². The quantitative estimate of drug-likeness (QED) is 0.371. The summed E-state index contributed by atoms with van der Waals surface area (Å²) in [7, 11) is 1.63. The Morgan fingerprint density at radius 1 is 1.19 bits per heavy atom. The average molecular weight is 539 g/mol. The highest BCUT2D eigenvalue weighted by molar-refractivity contribution is 8.26. The first-order valence-corrected chi connectivity index (χ1v) is 13.5. The summed E-state index contributed by atoms with van der Waals surface area (Å²) in [6.45, 7) is 7.05. The van der Waals surface area contributed by atoms with E-state index in [1.807, 2.05) is 31.2 Å². The maximum Gasteiger partial charge on any atom is 0.270 e. The number of nitriles is 1. The van der Waals surface area contributed by atoms with E-state index in [0.717, 1.165) is 23.6 Å². The summed E-state index contributed by atoms with van der Waals surface area (Å²) >= 11 is 6.82. The number of thiocarbonyl (C=S) groups is 1. The van der Waals surface area contributed by atoms with Crippen LogP contribution < -0.4 is 15.2 Å². The lowest BCUT2D eigenvalue weighted by atomic mass is 10.0. The Labute approximate surface area is 226 Å². The molecule has 2 fully saturated rings. The zero-order chi connectivity index (χ0) is 26.5. The Balaban J connectivity index is 1.70. The number of carbonyl (C=O) groups excluding carboxylic acids is 1. The van der Waals surface area contributed by atoms with Gasteiger partial charge in [0.2, 0.25) is 0 Å². The van der Waals surface area contributed by atoms with Gasteiger partial charge in [0, 0.05) is 31.7 Å². The first kappa shape index (κ1) is 26.9.